The van der Waals surface area contributed by atoms with Crippen LogP contribution in [0.5, 0.6) is 5.75 Å². The number of primary amides is 1. The zero-order valence-corrected chi connectivity index (χ0v) is 26.2. The van der Waals surface area contributed by atoms with E-state index in [9.17, 15) is 24.3 Å². The smallest absolute Gasteiger partial charge is 0.319 e. The summed E-state index contributed by atoms with van der Waals surface area (Å²) in [6.07, 6.45) is 0.659. The molecule has 3 aromatic carbocycles. The molecule has 9 heteroatoms. The SMILES string of the molecule is CCC(C)(c1cccc(C(C)(C)NC(=O)Nc2ccc(O)cc2)c1)C1C(=O)N(c2ccccc2)C(=O)C1CC(C)(C)C(N)=O. The summed E-state index contributed by atoms with van der Waals surface area (Å²) in [5.41, 5.74) is 5.78. The van der Waals surface area contributed by atoms with E-state index in [0.29, 0.717) is 17.8 Å². The second-order valence-electron chi connectivity index (χ2n) is 13.0. The Morgan fingerprint density at radius 3 is 2.07 bits per heavy atom. The summed E-state index contributed by atoms with van der Waals surface area (Å²) in [5.74, 6) is -2.63. The van der Waals surface area contributed by atoms with Crippen molar-refractivity contribution in [2.45, 2.75) is 65.3 Å². The molecular weight excluding hydrogens is 556 g/mol. The van der Waals surface area contributed by atoms with Crippen molar-refractivity contribution in [3.8, 4) is 5.75 Å². The van der Waals surface area contributed by atoms with E-state index in [1.807, 2.05) is 58.0 Å². The lowest BCUT2D eigenvalue weighted by Crippen LogP contribution is -2.44. The van der Waals surface area contributed by atoms with Crippen LogP contribution in [0.25, 0.3) is 0 Å². The van der Waals surface area contributed by atoms with Crippen LogP contribution in [0, 0.1) is 17.3 Å². The molecule has 0 radical (unpaired) electrons. The number of para-hydroxylation sites is 1. The van der Waals surface area contributed by atoms with Crippen LogP contribution in [0.15, 0.2) is 78.9 Å². The normalized spacial score (nSPS) is 18.5. The van der Waals surface area contributed by atoms with E-state index < -0.39 is 40.1 Å². The van der Waals surface area contributed by atoms with Crippen molar-refractivity contribution >= 4 is 35.1 Å². The van der Waals surface area contributed by atoms with Gasteiger partial charge in [0.1, 0.15) is 5.75 Å². The Morgan fingerprint density at radius 2 is 1.48 bits per heavy atom. The fourth-order valence-electron chi connectivity index (χ4n) is 6.06. The van der Waals surface area contributed by atoms with Gasteiger partial charge in [-0.05, 0) is 74.2 Å². The molecule has 3 atom stereocenters. The van der Waals surface area contributed by atoms with Crippen LogP contribution < -0.4 is 21.3 Å². The second kappa shape index (κ2) is 12.1. The number of phenolic OH excluding ortho intramolecular Hbond substituents is 1. The number of benzene rings is 3. The first kappa shape index (κ1) is 32.3. The van der Waals surface area contributed by atoms with Crippen molar-refractivity contribution in [2.24, 2.45) is 23.0 Å². The highest BCUT2D eigenvalue weighted by molar-refractivity contribution is 6.22. The number of nitrogens with zero attached hydrogens (tertiary/aromatic N) is 1. The number of carbonyl (C=O) groups is 4. The molecule has 4 rings (SSSR count). The number of nitrogens with one attached hydrogen (secondary N) is 2. The van der Waals surface area contributed by atoms with E-state index in [2.05, 4.69) is 10.6 Å². The van der Waals surface area contributed by atoms with Gasteiger partial charge in [0.2, 0.25) is 17.7 Å². The van der Waals surface area contributed by atoms with Crippen LogP contribution in [0.3, 0.4) is 0 Å². The monoisotopic (exact) mass is 598 g/mol. The number of imide groups is 1. The molecule has 44 heavy (non-hydrogen) atoms. The largest absolute Gasteiger partial charge is 0.508 e. The zero-order chi connectivity index (χ0) is 32.4. The van der Waals surface area contributed by atoms with Crippen LogP contribution in [-0.4, -0.2) is 28.9 Å². The number of phenols is 1. The molecule has 1 fully saturated rings. The molecule has 0 saturated carbocycles. The van der Waals surface area contributed by atoms with E-state index in [-0.39, 0.29) is 24.0 Å². The lowest BCUT2D eigenvalue weighted by atomic mass is 9.63. The minimum atomic E-state index is -1.02. The lowest BCUT2D eigenvalue weighted by molar-refractivity contribution is -0.130. The molecule has 1 saturated heterocycles. The highest BCUT2D eigenvalue weighted by Crippen LogP contribution is 2.49. The molecule has 5 amide bonds. The average Bonchev–Trinajstić information content (AvgIpc) is 3.22. The summed E-state index contributed by atoms with van der Waals surface area (Å²) < 4.78 is 0. The van der Waals surface area contributed by atoms with Crippen LogP contribution in [0.1, 0.15) is 65.5 Å². The number of nitrogens with two attached hydrogens (primary N) is 1. The predicted octanol–water partition coefficient (Wildman–Crippen LogP) is 5.82. The molecule has 3 unspecified atom stereocenters. The first-order chi connectivity index (χ1) is 20.6. The Morgan fingerprint density at radius 1 is 0.864 bits per heavy atom. The number of amides is 5. The van der Waals surface area contributed by atoms with E-state index in [0.717, 1.165) is 11.1 Å². The van der Waals surface area contributed by atoms with Crippen molar-refractivity contribution in [1.82, 2.24) is 5.32 Å². The standard InChI is InChI=1S/C35H42N4O5/c1-7-35(6,23-13-11-12-22(20-23)34(4,5)38-32(44)37-24-16-18-26(40)19-17-24)28-27(21-33(2,3)31(36)43)29(41)39(30(28)42)25-14-9-8-10-15-25/h8-20,27-28,40H,7,21H2,1-6H3,(H2,36,43)(H2,37,38,44). The van der Waals surface area contributed by atoms with Gasteiger partial charge in [0.05, 0.1) is 23.1 Å². The Bertz CT molecular complexity index is 1550. The number of aromatic hydroxyl groups is 1. The minimum absolute atomic E-state index is 0.0989. The maximum Gasteiger partial charge on any atom is 0.319 e. The summed E-state index contributed by atoms with van der Waals surface area (Å²) in [5, 5.41) is 15.3. The number of rotatable bonds is 10. The quantitative estimate of drug-likeness (QED) is 0.172. The van der Waals surface area contributed by atoms with Gasteiger partial charge in [-0.1, -0.05) is 70.2 Å². The van der Waals surface area contributed by atoms with Gasteiger partial charge in [0, 0.05) is 16.5 Å². The topological polar surface area (TPSA) is 142 Å². The van der Waals surface area contributed by atoms with E-state index in [4.69, 9.17) is 5.73 Å². The Hall–Kier alpha value is -4.66. The third-order valence-corrected chi connectivity index (χ3v) is 9.05. The van der Waals surface area contributed by atoms with Crippen molar-refractivity contribution in [3.63, 3.8) is 0 Å². The molecule has 1 aliphatic rings. The third-order valence-electron chi connectivity index (χ3n) is 9.05. The molecular formula is C35H42N4O5. The summed E-state index contributed by atoms with van der Waals surface area (Å²) >= 11 is 0. The maximum absolute atomic E-state index is 14.3. The number of hydrogen-bond acceptors (Lipinski definition) is 5. The minimum Gasteiger partial charge on any atom is -0.508 e. The van der Waals surface area contributed by atoms with E-state index >= 15 is 0 Å². The number of hydrogen-bond donors (Lipinski definition) is 4. The molecule has 9 nitrogen and oxygen atoms in total. The number of carbonyl (C=O) groups excluding carboxylic acids is 4. The van der Waals surface area contributed by atoms with Crippen LogP contribution >= 0.6 is 0 Å². The Balaban J connectivity index is 1.71. The molecule has 3 aromatic rings. The second-order valence-corrected chi connectivity index (χ2v) is 13.0. The molecule has 0 spiro atoms. The Kier molecular flexibility index (Phi) is 8.91. The van der Waals surface area contributed by atoms with Crippen LogP contribution in [0.2, 0.25) is 0 Å². The summed E-state index contributed by atoms with van der Waals surface area (Å²) in [7, 11) is 0. The fraction of sp³-hybridized carbons (Fsp3) is 0.371. The van der Waals surface area contributed by atoms with Gasteiger partial charge in [0.15, 0.2) is 0 Å². The van der Waals surface area contributed by atoms with Crippen molar-refractivity contribution in [1.29, 1.82) is 0 Å². The van der Waals surface area contributed by atoms with Crippen molar-refractivity contribution in [3.05, 3.63) is 90.0 Å². The maximum atomic E-state index is 14.3. The molecule has 0 aromatic heterocycles. The lowest BCUT2D eigenvalue weighted by Gasteiger charge is -2.39. The summed E-state index contributed by atoms with van der Waals surface area (Å²) in [6.45, 7) is 11.1. The van der Waals surface area contributed by atoms with E-state index in [1.165, 1.54) is 17.0 Å². The van der Waals surface area contributed by atoms with Gasteiger partial charge in [-0.3, -0.25) is 19.3 Å². The van der Waals surface area contributed by atoms with Crippen molar-refractivity contribution < 1.29 is 24.3 Å². The van der Waals surface area contributed by atoms with Gasteiger partial charge in [0.25, 0.3) is 0 Å². The molecule has 0 aliphatic carbocycles. The van der Waals surface area contributed by atoms with E-state index in [1.54, 1.807) is 50.2 Å². The van der Waals surface area contributed by atoms with Gasteiger partial charge >= 0.3 is 6.03 Å². The van der Waals surface area contributed by atoms with Gasteiger partial charge < -0.3 is 21.5 Å². The predicted molar refractivity (Wildman–Crippen MR) is 171 cm³/mol. The molecule has 1 heterocycles. The van der Waals surface area contributed by atoms with Crippen LogP contribution in [-0.2, 0) is 25.3 Å². The van der Waals surface area contributed by atoms with Crippen LogP contribution in [0.4, 0.5) is 16.2 Å². The number of anilines is 2. The summed E-state index contributed by atoms with van der Waals surface area (Å²) in [6, 6.07) is 22.3. The highest BCUT2D eigenvalue weighted by Gasteiger charge is 2.57. The molecule has 0 bridgehead atoms. The molecule has 1 aliphatic heterocycles. The van der Waals surface area contributed by atoms with Gasteiger partial charge in [-0.25, -0.2) is 4.79 Å². The first-order valence-electron chi connectivity index (χ1n) is 14.8. The van der Waals surface area contributed by atoms with Gasteiger partial charge in [-0.15, -0.1) is 0 Å². The molecule has 232 valence electrons. The molecule has 5 N–H and O–H groups in total. The zero-order valence-electron chi connectivity index (χ0n) is 26.2. The van der Waals surface area contributed by atoms with Crippen molar-refractivity contribution in [2.75, 3.05) is 10.2 Å². The van der Waals surface area contributed by atoms with Gasteiger partial charge in [-0.2, -0.15) is 0 Å². The third kappa shape index (κ3) is 6.32. The average molecular weight is 599 g/mol. The number of urea groups is 1. The Labute approximate surface area is 258 Å². The summed E-state index contributed by atoms with van der Waals surface area (Å²) in [4.78, 5) is 54.8. The highest BCUT2D eigenvalue weighted by atomic mass is 16.3. The fourth-order valence-corrected chi connectivity index (χ4v) is 6.06. The first-order valence-corrected chi connectivity index (χ1v) is 14.8.